The van der Waals surface area contributed by atoms with Crippen LogP contribution in [0.25, 0.3) is 0 Å². The molecule has 0 bridgehead atoms. The number of aromatic nitrogens is 1. The Morgan fingerprint density at radius 2 is 1.97 bits per heavy atom. The molecule has 1 aromatic carbocycles. The highest BCUT2D eigenvalue weighted by molar-refractivity contribution is 5.91. The van der Waals surface area contributed by atoms with E-state index in [1.165, 1.54) is 6.07 Å². The fourth-order valence-corrected chi connectivity index (χ4v) is 3.37. The molecule has 0 spiro atoms. The van der Waals surface area contributed by atoms with Crippen LogP contribution in [-0.4, -0.2) is 61.1 Å². The average molecular weight is 414 g/mol. The Kier molecular flexibility index (Phi) is 7.73. The summed E-state index contributed by atoms with van der Waals surface area (Å²) in [5.74, 6) is -0.176. The molecule has 8 heteroatoms. The van der Waals surface area contributed by atoms with Crippen molar-refractivity contribution in [1.29, 1.82) is 0 Å². The van der Waals surface area contributed by atoms with Gasteiger partial charge in [0.15, 0.2) is 0 Å². The summed E-state index contributed by atoms with van der Waals surface area (Å²) in [5.41, 5.74) is 0.653. The fraction of sp³-hybridized carbons (Fsp3) is 0.409. The van der Waals surface area contributed by atoms with Crippen molar-refractivity contribution in [3.63, 3.8) is 0 Å². The predicted molar refractivity (Wildman–Crippen MR) is 113 cm³/mol. The minimum Gasteiger partial charge on any atom is -0.462 e. The maximum atomic E-state index is 13.6. The summed E-state index contributed by atoms with van der Waals surface area (Å²) in [4.78, 5) is 32.7. The van der Waals surface area contributed by atoms with E-state index in [1.807, 2.05) is 6.07 Å². The van der Waals surface area contributed by atoms with E-state index in [9.17, 15) is 14.0 Å². The van der Waals surface area contributed by atoms with Gasteiger partial charge in [0, 0.05) is 38.8 Å². The van der Waals surface area contributed by atoms with E-state index < -0.39 is 5.82 Å². The van der Waals surface area contributed by atoms with Crippen molar-refractivity contribution in [3.8, 4) is 0 Å². The maximum Gasteiger partial charge on any atom is 0.339 e. The number of pyridine rings is 1. The number of hydrogen-bond acceptors (Lipinski definition) is 6. The number of rotatable bonds is 7. The van der Waals surface area contributed by atoms with Gasteiger partial charge in [-0.15, -0.1) is 0 Å². The van der Waals surface area contributed by atoms with Gasteiger partial charge in [0.2, 0.25) is 5.91 Å². The molecule has 30 heavy (non-hydrogen) atoms. The monoisotopic (exact) mass is 414 g/mol. The van der Waals surface area contributed by atoms with E-state index in [0.29, 0.717) is 25.1 Å². The number of hydrogen-bond donors (Lipinski definition) is 1. The zero-order valence-corrected chi connectivity index (χ0v) is 17.1. The number of carbonyl (C=O) groups excluding carboxylic acids is 2. The molecule has 1 fully saturated rings. The molecular formula is C22H27FN4O3. The Hall–Kier alpha value is -3.00. The minimum atomic E-state index is -0.433. The van der Waals surface area contributed by atoms with Gasteiger partial charge in [-0.05, 0) is 44.2 Å². The number of amides is 1. The van der Waals surface area contributed by atoms with E-state index in [2.05, 4.69) is 20.1 Å². The van der Waals surface area contributed by atoms with Crippen LogP contribution in [0.4, 0.5) is 15.9 Å². The first kappa shape index (κ1) is 21.7. The minimum absolute atomic E-state index is 0.197. The van der Waals surface area contributed by atoms with Crippen LogP contribution in [0.2, 0.25) is 0 Å². The van der Waals surface area contributed by atoms with Gasteiger partial charge in [0.05, 0.1) is 17.9 Å². The van der Waals surface area contributed by atoms with Gasteiger partial charge in [-0.1, -0.05) is 12.1 Å². The lowest BCUT2D eigenvalue weighted by Gasteiger charge is -2.22. The third kappa shape index (κ3) is 6.00. The fourth-order valence-electron chi connectivity index (χ4n) is 3.37. The Labute approximate surface area is 175 Å². The second kappa shape index (κ2) is 10.7. The number of para-hydroxylation sites is 1. The molecule has 1 saturated heterocycles. The molecule has 1 N–H and O–H groups in total. The van der Waals surface area contributed by atoms with E-state index in [-0.39, 0.29) is 17.6 Å². The largest absolute Gasteiger partial charge is 0.462 e. The lowest BCUT2D eigenvalue weighted by Crippen LogP contribution is -2.33. The number of halogens is 1. The van der Waals surface area contributed by atoms with Crippen LogP contribution in [0, 0.1) is 5.82 Å². The van der Waals surface area contributed by atoms with Gasteiger partial charge in [0.1, 0.15) is 11.6 Å². The summed E-state index contributed by atoms with van der Waals surface area (Å²) in [7, 11) is 0. The van der Waals surface area contributed by atoms with Crippen molar-refractivity contribution in [3.05, 3.63) is 54.0 Å². The van der Waals surface area contributed by atoms with Crippen LogP contribution in [0.15, 0.2) is 42.6 Å². The Balaban J connectivity index is 1.47. The Bertz CT molecular complexity index is 860. The molecule has 1 aliphatic rings. The van der Waals surface area contributed by atoms with Crippen LogP contribution in [0.5, 0.6) is 0 Å². The molecule has 1 aromatic heterocycles. The zero-order valence-electron chi connectivity index (χ0n) is 17.1. The van der Waals surface area contributed by atoms with E-state index >= 15 is 0 Å². The second-order valence-corrected chi connectivity index (χ2v) is 7.09. The third-order valence-electron chi connectivity index (χ3n) is 4.97. The van der Waals surface area contributed by atoms with Crippen molar-refractivity contribution in [2.24, 2.45) is 0 Å². The number of carbonyl (C=O) groups is 2. The molecule has 0 aliphatic carbocycles. The van der Waals surface area contributed by atoms with Crippen molar-refractivity contribution in [2.75, 3.05) is 49.5 Å². The first-order valence-corrected chi connectivity index (χ1v) is 10.2. The summed E-state index contributed by atoms with van der Waals surface area (Å²) in [6.45, 7) is 6.03. The molecule has 0 unspecified atom stereocenters. The Morgan fingerprint density at radius 3 is 2.70 bits per heavy atom. The number of nitrogens with one attached hydrogen (secondary N) is 1. The quantitative estimate of drug-likeness (QED) is 0.703. The molecule has 1 amide bonds. The number of anilines is 2. The number of nitrogens with zero attached hydrogens (tertiary/aromatic N) is 3. The second-order valence-electron chi connectivity index (χ2n) is 7.09. The van der Waals surface area contributed by atoms with Gasteiger partial charge in [-0.2, -0.15) is 0 Å². The summed E-state index contributed by atoms with van der Waals surface area (Å²) in [6, 6.07) is 9.73. The molecular weight excluding hydrogens is 387 g/mol. The molecule has 7 nitrogen and oxygen atoms in total. The number of esters is 1. The van der Waals surface area contributed by atoms with Crippen LogP contribution < -0.4 is 10.2 Å². The molecule has 0 atom stereocenters. The van der Waals surface area contributed by atoms with Gasteiger partial charge in [0.25, 0.3) is 0 Å². The van der Waals surface area contributed by atoms with Crippen molar-refractivity contribution in [1.82, 2.24) is 9.88 Å². The normalized spacial score (nSPS) is 14.8. The van der Waals surface area contributed by atoms with Gasteiger partial charge in [-0.25, -0.2) is 14.2 Å². The lowest BCUT2D eigenvalue weighted by atomic mass is 10.2. The van der Waals surface area contributed by atoms with Crippen molar-refractivity contribution in [2.45, 2.75) is 19.8 Å². The number of benzene rings is 1. The predicted octanol–water partition coefficient (Wildman–Crippen LogP) is 2.94. The van der Waals surface area contributed by atoms with Crippen molar-refractivity contribution < 1.29 is 18.7 Å². The number of ether oxygens (including phenoxy) is 1. The molecule has 1 aliphatic heterocycles. The van der Waals surface area contributed by atoms with Crippen molar-refractivity contribution >= 4 is 23.4 Å². The van der Waals surface area contributed by atoms with Crippen LogP contribution in [-0.2, 0) is 9.53 Å². The van der Waals surface area contributed by atoms with E-state index in [1.54, 1.807) is 37.4 Å². The van der Waals surface area contributed by atoms with Gasteiger partial charge < -0.3 is 19.9 Å². The SMILES string of the molecule is CCOC(=O)c1ccc(N2CCCN(CCC(=O)Nc3ccccc3F)CC2)nc1. The van der Waals surface area contributed by atoms with E-state index in [4.69, 9.17) is 4.74 Å². The molecule has 160 valence electrons. The molecule has 2 heterocycles. The molecule has 2 aromatic rings. The highest BCUT2D eigenvalue weighted by Crippen LogP contribution is 2.16. The molecule has 0 saturated carbocycles. The molecule has 3 rings (SSSR count). The zero-order chi connectivity index (χ0) is 21.3. The smallest absolute Gasteiger partial charge is 0.339 e. The summed E-state index contributed by atoms with van der Waals surface area (Å²) >= 11 is 0. The highest BCUT2D eigenvalue weighted by Gasteiger charge is 2.18. The summed E-state index contributed by atoms with van der Waals surface area (Å²) in [5, 5.41) is 2.62. The topological polar surface area (TPSA) is 74.8 Å². The summed E-state index contributed by atoms with van der Waals surface area (Å²) < 4.78 is 18.6. The average Bonchev–Trinajstić information content (AvgIpc) is 3.00. The highest BCUT2D eigenvalue weighted by atomic mass is 19.1. The van der Waals surface area contributed by atoms with Gasteiger partial charge in [-0.3, -0.25) is 4.79 Å². The molecule has 0 radical (unpaired) electrons. The lowest BCUT2D eigenvalue weighted by molar-refractivity contribution is -0.116. The standard InChI is InChI=1S/C22H27FN4O3/c1-2-30-22(29)17-8-9-20(24-16-17)27-12-5-11-26(14-15-27)13-10-21(28)25-19-7-4-3-6-18(19)23/h3-4,6-9,16H,2,5,10-15H2,1H3,(H,25,28). The first-order valence-electron chi connectivity index (χ1n) is 10.2. The van der Waals surface area contributed by atoms with Crippen LogP contribution in [0.3, 0.4) is 0 Å². The van der Waals surface area contributed by atoms with E-state index in [0.717, 1.165) is 38.4 Å². The van der Waals surface area contributed by atoms with Crippen LogP contribution >= 0.6 is 0 Å². The third-order valence-corrected chi connectivity index (χ3v) is 4.97. The van der Waals surface area contributed by atoms with Gasteiger partial charge >= 0.3 is 5.97 Å². The maximum absolute atomic E-state index is 13.6. The Morgan fingerprint density at radius 1 is 1.13 bits per heavy atom. The summed E-state index contributed by atoms with van der Waals surface area (Å²) in [6.07, 6.45) is 2.79. The first-order chi connectivity index (χ1) is 14.6. The van der Waals surface area contributed by atoms with Crippen LogP contribution in [0.1, 0.15) is 30.1 Å².